The van der Waals surface area contributed by atoms with Crippen LogP contribution in [0, 0.1) is 13.8 Å². The average molecular weight is 253 g/mol. The van der Waals surface area contributed by atoms with E-state index < -0.39 is 0 Å². The minimum absolute atomic E-state index is 0.143. The van der Waals surface area contributed by atoms with Crippen molar-refractivity contribution in [1.82, 2.24) is 0 Å². The molecule has 0 atom stereocenters. The van der Waals surface area contributed by atoms with Crippen LogP contribution in [0.4, 0.5) is 0 Å². The molecule has 1 saturated carbocycles. The fraction of sp³-hybridized carbons (Fsp3) is 0.417. The molecule has 1 aliphatic carbocycles. The second-order valence-electron chi connectivity index (χ2n) is 4.20. The van der Waals surface area contributed by atoms with E-state index in [1.165, 1.54) is 16.7 Å². The maximum Gasteiger partial charge on any atom is 0.130 e. The van der Waals surface area contributed by atoms with Gasteiger partial charge in [-0.3, -0.25) is 0 Å². The Morgan fingerprint density at radius 1 is 1.29 bits per heavy atom. The maximum absolute atomic E-state index is 11.0. The number of carbonyl (C=O) groups excluding carboxylic acids is 1. The van der Waals surface area contributed by atoms with E-state index in [0.717, 1.165) is 23.6 Å². The van der Waals surface area contributed by atoms with Gasteiger partial charge in [0.15, 0.2) is 0 Å². The van der Waals surface area contributed by atoms with Crippen LogP contribution in [-0.4, -0.2) is 6.29 Å². The molecule has 1 nitrogen and oxygen atoms in total. The summed E-state index contributed by atoms with van der Waals surface area (Å²) in [5.41, 5.74) is 3.47. The van der Waals surface area contributed by atoms with E-state index in [9.17, 15) is 4.79 Å². The Hall–Kier alpha value is -0.630. The van der Waals surface area contributed by atoms with Crippen molar-refractivity contribution in [3.05, 3.63) is 33.3 Å². The fourth-order valence-electron chi connectivity index (χ4n) is 1.84. The number of carbonyl (C=O) groups is 1. The highest BCUT2D eigenvalue weighted by molar-refractivity contribution is 9.10. The zero-order chi connectivity index (χ0) is 10.3. The van der Waals surface area contributed by atoms with Gasteiger partial charge in [-0.15, -0.1) is 0 Å². The highest BCUT2D eigenvalue weighted by Crippen LogP contribution is 2.47. The first-order chi connectivity index (χ1) is 6.59. The van der Waals surface area contributed by atoms with Gasteiger partial charge in [0.1, 0.15) is 6.29 Å². The van der Waals surface area contributed by atoms with Crippen molar-refractivity contribution in [2.75, 3.05) is 0 Å². The molecule has 14 heavy (non-hydrogen) atoms. The summed E-state index contributed by atoms with van der Waals surface area (Å²) in [4.78, 5) is 11.0. The van der Waals surface area contributed by atoms with Crippen molar-refractivity contribution >= 4 is 22.2 Å². The summed E-state index contributed by atoms with van der Waals surface area (Å²) >= 11 is 3.53. The lowest BCUT2D eigenvalue weighted by atomic mass is 9.94. The Bertz CT molecular complexity index is 368. The molecule has 1 aromatic rings. The third-order valence-electron chi connectivity index (χ3n) is 3.03. The van der Waals surface area contributed by atoms with Crippen LogP contribution < -0.4 is 0 Å². The molecule has 2 heteroatoms. The third kappa shape index (κ3) is 1.42. The predicted molar refractivity (Wildman–Crippen MR) is 60.6 cm³/mol. The summed E-state index contributed by atoms with van der Waals surface area (Å²) in [6.07, 6.45) is 3.13. The number of hydrogen-bond donors (Lipinski definition) is 0. The van der Waals surface area contributed by atoms with Gasteiger partial charge in [-0.05, 0) is 43.4 Å². The molecule has 0 heterocycles. The summed E-state index contributed by atoms with van der Waals surface area (Å²) in [6, 6.07) is 4.25. The van der Waals surface area contributed by atoms with E-state index in [1.54, 1.807) is 0 Å². The normalized spacial score (nSPS) is 17.9. The van der Waals surface area contributed by atoms with E-state index in [2.05, 4.69) is 41.9 Å². The topological polar surface area (TPSA) is 17.1 Å². The summed E-state index contributed by atoms with van der Waals surface area (Å²) in [5.74, 6) is 0. The lowest BCUT2D eigenvalue weighted by Crippen LogP contribution is -2.08. The zero-order valence-electron chi connectivity index (χ0n) is 8.43. The molecule has 74 valence electrons. The average Bonchev–Trinajstić information content (AvgIpc) is 2.94. The molecule has 0 spiro atoms. The van der Waals surface area contributed by atoms with Crippen LogP contribution in [0.3, 0.4) is 0 Å². The largest absolute Gasteiger partial charge is 0.302 e. The van der Waals surface area contributed by atoms with Crippen LogP contribution in [0.5, 0.6) is 0 Å². The monoisotopic (exact) mass is 252 g/mol. The molecule has 0 radical (unpaired) electrons. The fourth-order valence-corrected chi connectivity index (χ4v) is 2.07. The van der Waals surface area contributed by atoms with Crippen LogP contribution >= 0.6 is 15.9 Å². The standard InChI is InChI=1S/C12H13BrO/c1-8-5-10(6-9(2)11(8)13)12(7-14)3-4-12/h5-7H,3-4H2,1-2H3. The molecular formula is C12H13BrO. The van der Waals surface area contributed by atoms with Crippen LogP contribution in [0.2, 0.25) is 0 Å². The molecule has 1 aliphatic rings. The van der Waals surface area contributed by atoms with Gasteiger partial charge in [0.05, 0.1) is 5.41 Å². The van der Waals surface area contributed by atoms with Crippen LogP contribution in [0.1, 0.15) is 29.5 Å². The minimum atomic E-state index is -0.143. The molecule has 0 aliphatic heterocycles. The lowest BCUT2D eigenvalue weighted by Gasteiger charge is -2.11. The van der Waals surface area contributed by atoms with E-state index in [-0.39, 0.29) is 5.41 Å². The second-order valence-corrected chi connectivity index (χ2v) is 4.99. The van der Waals surface area contributed by atoms with Crippen LogP contribution in [0.15, 0.2) is 16.6 Å². The number of rotatable bonds is 2. The van der Waals surface area contributed by atoms with Gasteiger partial charge < -0.3 is 4.79 Å². The quantitative estimate of drug-likeness (QED) is 0.739. The SMILES string of the molecule is Cc1cc(C2(C=O)CC2)cc(C)c1Br. The first kappa shape index (κ1) is 9.91. The molecule has 1 fully saturated rings. The van der Waals surface area contributed by atoms with E-state index in [1.807, 2.05) is 0 Å². The molecule has 0 amide bonds. The predicted octanol–water partition coefficient (Wildman–Crippen LogP) is 3.30. The van der Waals surface area contributed by atoms with Gasteiger partial charge in [0, 0.05) is 4.47 Å². The smallest absolute Gasteiger partial charge is 0.130 e. The summed E-state index contributed by atoms with van der Waals surface area (Å²) in [6.45, 7) is 4.14. The van der Waals surface area contributed by atoms with Crippen molar-refractivity contribution in [2.45, 2.75) is 32.1 Å². The van der Waals surface area contributed by atoms with Crippen molar-refractivity contribution < 1.29 is 4.79 Å². The van der Waals surface area contributed by atoms with Gasteiger partial charge >= 0.3 is 0 Å². The molecular weight excluding hydrogens is 240 g/mol. The Labute approximate surface area is 92.6 Å². The number of hydrogen-bond acceptors (Lipinski definition) is 1. The molecule has 1 aromatic carbocycles. The van der Waals surface area contributed by atoms with E-state index in [4.69, 9.17) is 0 Å². The Kier molecular flexibility index (Phi) is 2.26. The molecule has 0 saturated heterocycles. The molecule has 2 rings (SSSR count). The Morgan fingerprint density at radius 2 is 1.79 bits per heavy atom. The second kappa shape index (κ2) is 3.20. The van der Waals surface area contributed by atoms with Crippen LogP contribution in [-0.2, 0) is 10.2 Å². The molecule has 0 aromatic heterocycles. The Balaban J connectivity index is 2.51. The van der Waals surface area contributed by atoms with Crippen molar-refractivity contribution in [3.63, 3.8) is 0 Å². The van der Waals surface area contributed by atoms with Crippen molar-refractivity contribution in [3.8, 4) is 0 Å². The number of benzene rings is 1. The van der Waals surface area contributed by atoms with E-state index >= 15 is 0 Å². The summed E-state index contributed by atoms with van der Waals surface area (Å²) in [5, 5.41) is 0. The summed E-state index contributed by atoms with van der Waals surface area (Å²) < 4.78 is 1.16. The molecule has 0 N–H and O–H groups in total. The zero-order valence-corrected chi connectivity index (χ0v) is 10.0. The van der Waals surface area contributed by atoms with Gasteiger partial charge in [-0.2, -0.15) is 0 Å². The molecule has 0 unspecified atom stereocenters. The maximum atomic E-state index is 11.0. The van der Waals surface area contributed by atoms with Crippen molar-refractivity contribution in [2.24, 2.45) is 0 Å². The number of halogens is 1. The first-order valence-electron chi connectivity index (χ1n) is 4.83. The van der Waals surface area contributed by atoms with Gasteiger partial charge in [0.25, 0.3) is 0 Å². The van der Waals surface area contributed by atoms with Gasteiger partial charge in [-0.1, -0.05) is 28.1 Å². The van der Waals surface area contributed by atoms with Crippen LogP contribution in [0.25, 0.3) is 0 Å². The highest BCUT2D eigenvalue weighted by atomic mass is 79.9. The van der Waals surface area contributed by atoms with E-state index in [0.29, 0.717) is 0 Å². The minimum Gasteiger partial charge on any atom is -0.302 e. The molecule has 0 bridgehead atoms. The first-order valence-corrected chi connectivity index (χ1v) is 5.62. The van der Waals surface area contributed by atoms with Crippen molar-refractivity contribution in [1.29, 1.82) is 0 Å². The van der Waals surface area contributed by atoms with Gasteiger partial charge in [0.2, 0.25) is 0 Å². The lowest BCUT2D eigenvalue weighted by molar-refractivity contribution is -0.109. The van der Waals surface area contributed by atoms with Gasteiger partial charge in [-0.25, -0.2) is 0 Å². The number of aldehydes is 1. The Morgan fingerprint density at radius 3 is 2.14 bits per heavy atom. The highest BCUT2D eigenvalue weighted by Gasteiger charge is 2.44. The number of aryl methyl sites for hydroxylation is 2. The third-order valence-corrected chi connectivity index (χ3v) is 4.28. The summed E-state index contributed by atoms with van der Waals surface area (Å²) in [7, 11) is 0.